The Morgan fingerprint density at radius 1 is 1.00 bits per heavy atom. The van der Waals surface area contributed by atoms with Crippen molar-refractivity contribution in [3.05, 3.63) is 57.0 Å². The lowest BCUT2D eigenvalue weighted by atomic mass is 10.2. The molecule has 2 aromatic carbocycles. The summed E-state index contributed by atoms with van der Waals surface area (Å²) in [7, 11) is 0. The van der Waals surface area contributed by atoms with Gasteiger partial charge >= 0.3 is 0 Å². The zero-order valence-electron chi connectivity index (χ0n) is 16.0. The van der Waals surface area contributed by atoms with Crippen LogP contribution in [0.1, 0.15) is 17.3 Å². The zero-order chi connectivity index (χ0) is 21.8. The second kappa shape index (κ2) is 9.83. The summed E-state index contributed by atoms with van der Waals surface area (Å²) in [6.07, 6.45) is 0. The first-order valence-corrected chi connectivity index (χ1v) is 10.7. The fourth-order valence-electron chi connectivity index (χ4n) is 3.18. The molecule has 1 fully saturated rings. The van der Waals surface area contributed by atoms with E-state index < -0.39 is 5.91 Å². The molecule has 1 aliphatic rings. The first kappa shape index (κ1) is 22.6. The molecule has 0 aromatic heterocycles. The third-order valence-corrected chi connectivity index (χ3v) is 5.74. The van der Waals surface area contributed by atoms with E-state index in [4.69, 9.17) is 47.0 Å². The van der Waals surface area contributed by atoms with E-state index in [9.17, 15) is 9.59 Å². The molecular weight excluding hydrogens is 467 g/mol. The Balaban J connectivity index is 1.72. The van der Waals surface area contributed by atoms with Crippen LogP contribution in [0, 0.1) is 0 Å². The molecule has 1 saturated heterocycles. The van der Waals surface area contributed by atoms with Crippen LogP contribution >= 0.6 is 47.0 Å². The van der Waals surface area contributed by atoms with Gasteiger partial charge in [-0.15, -0.1) is 0 Å². The first-order chi connectivity index (χ1) is 14.3. The summed E-state index contributed by atoms with van der Waals surface area (Å²) in [4.78, 5) is 28.0. The van der Waals surface area contributed by atoms with Gasteiger partial charge in [-0.2, -0.15) is 0 Å². The first-order valence-electron chi connectivity index (χ1n) is 9.12. The minimum absolute atomic E-state index is 0.0527. The summed E-state index contributed by atoms with van der Waals surface area (Å²) in [5.74, 6) is -0.398. The van der Waals surface area contributed by atoms with Crippen LogP contribution in [0.2, 0.25) is 15.1 Å². The van der Waals surface area contributed by atoms with Crippen molar-refractivity contribution in [2.45, 2.75) is 6.92 Å². The van der Waals surface area contributed by atoms with Crippen LogP contribution in [-0.2, 0) is 4.79 Å². The number of hydrogen-bond acceptors (Lipinski definition) is 4. The van der Waals surface area contributed by atoms with E-state index >= 15 is 0 Å². The van der Waals surface area contributed by atoms with Gasteiger partial charge in [0.15, 0.2) is 5.11 Å². The molecule has 0 unspecified atom stereocenters. The van der Waals surface area contributed by atoms with Crippen molar-refractivity contribution in [2.24, 2.45) is 0 Å². The predicted molar refractivity (Wildman–Crippen MR) is 126 cm³/mol. The summed E-state index contributed by atoms with van der Waals surface area (Å²) in [5, 5.41) is 6.98. The second-order valence-electron chi connectivity index (χ2n) is 6.66. The fraction of sp³-hybridized carbons (Fsp3) is 0.250. The summed E-state index contributed by atoms with van der Waals surface area (Å²) in [5.41, 5.74) is 1.69. The molecule has 0 aliphatic carbocycles. The summed E-state index contributed by atoms with van der Waals surface area (Å²) in [6.45, 7) is 4.05. The van der Waals surface area contributed by atoms with Crippen molar-refractivity contribution in [1.82, 2.24) is 10.2 Å². The number of amides is 2. The topological polar surface area (TPSA) is 64.7 Å². The normalized spacial score (nSPS) is 13.7. The van der Waals surface area contributed by atoms with Crippen molar-refractivity contribution in [3.8, 4) is 0 Å². The van der Waals surface area contributed by atoms with Gasteiger partial charge in [-0.3, -0.25) is 14.9 Å². The Labute approximate surface area is 195 Å². The zero-order valence-corrected chi connectivity index (χ0v) is 19.1. The van der Waals surface area contributed by atoms with E-state index in [0.29, 0.717) is 41.9 Å². The number of carbonyl (C=O) groups is 2. The molecule has 0 saturated carbocycles. The van der Waals surface area contributed by atoms with Gasteiger partial charge in [-0.25, -0.2) is 0 Å². The van der Waals surface area contributed by atoms with Gasteiger partial charge in [0, 0.05) is 38.1 Å². The van der Waals surface area contributed by atoms with E-state index in [-0.39, 0.29) is 21.6 Å². The molecule has 1 heterocycles. The monoisotopic (exact) mass is 484 g/mol. The van der Waals surface area contributed by atoms with Crippen LogP contribution < -0.4 is 15.5 Å². The SMILES string of the molecule is CC(=O)N1CCN(c2c(Cl)cccc2NC(=S)NC(=O)c2ccc(Cl)cc2Cl)CC1. The third kappa shape index (κ3) is 5.35. The van der Waals surface area contributed by atoms with Crippen molar-refractivity contribution in [2.75, 3.05) is 36.4 Å². The minimum atomic E-state index is -0.451. The molecule has 10 heteroatoms. The Hall–Kier alpha value is -2.06. The molecule has 1 aliphatic heterocycles. The standard InChI is InChI=1S/C20H19Cl3N4O2S/c1-12(28)26-7-9-27(10-8-26)18-15(22)3-2-4-17(18)24-20(30)25-19(29)14-6-5-13(21)11-16(14)23/h2-6,11H,7-10H2,1H3,(H2,24,25,29,30). The maximum atomic E-state index is 12.5. The molecule has 30 heavy (non-hydrogen) atoms. The highest BCUT2D eigenvalue weighted by atomic mass is 35.5. The van der Waals surface area contributed by atoms with Crippen LogP contribution in [0.4, 0.5) is 11.4 Å². The number of rotatable bonds is 3. The third-order valence-electron chi connectivity index (χ3n) is 4.68. The number of benzene rings is 2. The number of piperazine rings is 1. The molecule has 3 rings (SSSR count). The fourth-order valence-corrected chi connectivity index (χ4v) is 4.17. The number of halogens is 3. The second-order valence-corrected chi connectivity index (χ2v) is 8.32. The summed E-state index contributed by atoms with van der Waals surface area (Å²) < 4.78 is 0. The van der Waals surface area contributed by atoms with E-state index in [1.54, 1.807) is 30.0 Å². The molecular formula is C20H19Cl3N4O2S. The molecule has 0 radical (unpaired) electrons. The lowest BCUT2D eigenvalue weighted by Crippen LogP contribution is -2.48. The summed E-state index contributed by atoms with van der Waals surface area (Å²) in [6, 6.07) is 10.0. The number of anilines is 2. The number of nitrogens with one attached hydrogen (secondary N) is 2. The number of para-hydroxylation sites is 1. The highest BCUT2D eigenvalue weighted by molar-refractivity contribution is 7.80. The van der Waals surface area contributed by atoms with Gasteiger partial charge in [-0.1, -0.05) is 40.9 Å². The highest BCUT2D eigenvalue weighted by Crippen LogP contribution is 2.34. The molecule has 2 N–H and O–H groups in total. The largest absolute Gasteiger partial charge is 0.365 e. The number of carbonyl (C=O) groups excluding carboxylic acids is 2. The maximum Gasteiger partial charge on any atom is 0.258 e. The van der Waals surface area contributed by atoms with Gasteiger partial charge in [0.1, 0.15) is 0 Å². The van der Waals surface area contributed by atoms with Crippen molar-refractivity contribution in [1.29, 1.82) is 0 Å². The predicted octanol–water partition coefficient (Wildman–Crippen LogP) is 4.44. The molecule has 0 bridgehead atoms. The molecule has 158 valence electrons. The number of hydrogen-bond donors (Lipinski definition) is 2. The van der Waals surface area contributed by atoms with Crippen molar-refractivity contribution in [3.63, 3.8) is 0 Å². The Morgan fingerprint density at radius 3 is 2.33 bits per heavy atom. The van der Waals surface area contributed by atoms with Gasteiger partial charge < -0.3 is 15.1 Å². The smallest absolute Gasteiger partial charge is 0.258 e. The molecule has 2 aromatic rings. The Kier molecular flexibility index (Phi) is 7.41. The van der Waals surface area contributed by atoms with Crippen LogP contribution in [0.3, 0.4) is 0 Å². The molecule has 0 atom stereocenters. The van der Waals surface area contributed by atoms with Crippen LogP contribution in [-0.4, -0.2) is 48.0 Å². The summed E-state index contributed by atoms with van der Waals surface area (Å²) >= 11 is 23.7. The molecule has 0 spiro atoms. The van der Waals surface area contributed by atoms with Crippen molar-refractivity contribution < 1.29 is 9.59 Å². The Bertz CT molecular complexity index is 994. The quantitative estimate of drug-likeness (QED) is 0.629. The van der Waals surface area contributed by atoms with Gasteiger partial charge in [0.05, 0.1) is 27.0 Å². The van der Waals surface area contributed by atoms with Gasteiger partial charge in [0.25, 0.3) is 5.91 Å². The minimum Gasteiger partial charge on any atom is -0.365 e. The van der Waals surface area contributed by atoms with Crippen LogP contribution in [0.25, 0.3) is 0 Å². The van der Waals surface area contributed by atoms with E-state index in [1.807, 2.05) is 6.07 Å². The van der Waals surface area contributed by atoms with Gasteiger partial charge in [-0.05, 0) is 42.5 Å². The lowest BCUT2D eigenvalue weighted by Gasteiger charge is -2.37. The van der Waals surface area contributed by atoms with E-state index in [0.717, 1.165) is 5.69 Å². The van der Waals surface area contributed by atoms with Crippen LogP contribution in [0.15, 0.2) is 36.4 Å². The number of nitrogens with zero attached hydrogens (tertiary/aromatic N) is 2. The van der Waals surface area contributed by atoms with Gasteiger partial charge in [0.2, 0.25) is 5.91 Å². The highest BCUT2D eigenvalue weighted by Gasteiger charge is 2.23. The van der Waals surface area contributed by atoms with E-state index in [1.165, 1.54) is 12.1 Å². The van der Waals surface area contributed by atoms with Crippen LogP contribution in [0.5, 0.6) is 0 Å². The lowest BCUT2D eigenvalue weighted by molar-refractivity contribution is -0.129. The number of thiocarbonyl (C=S) groups is 1. The molecule has 6 nitrogen and oxygen atoms in total. The Morgan fingerprint density at radius 2 is 1.70 bits per heavy atom. The average molecular weight is 486 g/mol. The molecule has 2 amide bonds. The van der Waals surface area contributed by atoms with Crippen molar-refractivity contribution >= 4 is 75.3 Å². The van der Waals surface area contributed by atoms with E-state index in [2.05, 4.69) is 15.5 Å². The average Bonchev–Trinajstić information content (AvgIpc) is 2.68. The maximum absolute atomic E-state index is 12.5.